The molecule has 1 aromatic heterocycles. The molecule has 0 atom stereocenters. The van der Waals surface area contributed by atoms with E-state index < -0.39 is 0 Å². The smallest absolute Gasteiger partial charge is 0.148 e. The average molecular weight is 423 g/mol. The molecule has 0 unspecified atom stereocenters. The van der Waals surface area contributed by atoms with Gasteiger partial charge in [-0.2, -0.15) is 0 Å². The quantitative estimate of drug-likeness (QED) is 0.338. The lowest BCUT2D eigenvalue weighted by Crippen LogP contribution is -2.10. The number of hydrogen-bond acceptors (Lipinski definition) is 2. The highest BCUT2D eigenvalue weighted by molar-refractivity contribution is 6.31. The van der Waals surface area contributed by atoms with Gasteiger partial charge in [-0.25, -0.2) is 9.37 Å². The fourth-order valence-corrected chi connectivity index (χ4v) is 3.86. The molecule has 0 spiro atoms. The molecular weight excluding hydrogens is 399 g/mol. The minimum absolute atomic E-state index is 0.282. The van der Waals surface area contributed by atoms with Crippen molar-refractivity contribution in [1.82, 2.24) is 9.55 Å². The summed E-state index contributed by atoms with van der Waals surface area (Å²) in [6.45, 7) is 6.91. The van der Waals surface area contributed by atoms with Crippen LogP contribution in [0, 0.1) is 12.7 Å². The summed E-state index contributed by atoms with van der Waals surface area (Å²) in [5, 5.41) is 0.403. The van der Waals surface area contributed by atoms with Gasteiger partial charge in [-0.3, -0.25) is 0 Å². The van der Waals surface area contributed by atoms with Gasteiger partial charge in [0.25, 0.3) is 0 Å². The molecule has 154 valence electrons. The van der Waals surface area contributed by atoms with Gasteiger partial charge in [-0.05, 0) is 54.3 Å². The lowest BCUT2D eigenvalue weighted by Gasteiger charge is -2.16. The predicted octanol–water partition coefficient (Wildman–Crippen LogP) is 6.89. The maximum atomic E-state index is 14.5. The molecule has 4 aromatic rings. The van der Waals surface area contributed by atoms with E-state index in [0.29, 0.717) is 16.5 Å². The monoisotopic (exact) mass is 422 g/mol. The van der Waals surface area contributed by atoms with Gasteiger partial charge in [0.15, 0.2) is 0 Å². The van der Waals surface area contributed by atoms with Crippen molar-refractivity contribution in [3.63, 3.8) is 0 Å². The first kappa shape index (κ1) is 20.4. The molecule has 1 heterocycles. The lowest BCUT2D eigenvalue weighted by molar-refractivity contribution is 0.287. The van der Waals surface area contributed by atoms with Crippen molar-refractivity contribution in [3.05, 3.63) is 94.0 Å². The number of imidazole rings is 1. The van der Waals surface area contributed by atoms with Gasteiger partial charge in [-0.15, -0.1) is 0 Å². The molecule has 0 bridgehead atoms. The van der Waals surface area contributed by atoms with Crippen LogP contribution in [0.15, 0.2) is 60.7 Å². The van der Waals surface area contributed by atoms with Crippen molar-refractivity contribution in [2.75, 3.05) is 0 Å². The first-order valence-electron chi connectivity index (χ1n) is 10.0. The van der Waals surface area contributed by atoms with Gasteiger partial charge in [0.05, 0.1) is 17.6 Å². The predicted molar refractivity (Wildman–Crippen MR) is 120 cm³/mol. The normalized spacial score (nSPS) is 11.4. The number of aromatic nitrogens is 2. The number of halogens is 2. The van der Waals surface area contributed by atoms with Gasteiger partial charge >= 0.3 is 0 Å². The fourth-order valence-electron chi connectivity index (χ4n) is 3.64. The van der Waals surface area contributed by atoms with Crippen LogP contribution in [0.5, 0.6) is 5.75 Å². The second-order valence-electron chi connectivity index (χ2n) is 7.79. The summed E-state index contributed by atoms with van der Waals surface area (Å²) >= 11 is 6.29. The number of ether oxygens (including phenoxy) is 1. The van der Waals surface area contributed by atoms with Crippen LogP contribution in [0.25, 0.3) is 11.0 Å². The Labute approximate surface area is 181 Å². The second-order valence-corrected chi connectivity index (χ2v) is 8.19. The van der Waals surface area contributed by atoms with Crippen LogP contribution in [0.2, 0.25) is 5.02 Å². The number of fused-ring (bicyclic) bond motifs is 1. The summed E-state index contributed by atoms with van der Waals surface area (Å²) in [4.78, 5) is 4.75. The largest absolute Gasteiger partial charge is 0.485 e. The maximum Gasteiger partial charge on any atom is 0.148 e. The second kappa shape index (κ2) is 8.49. The molecule has 0 aliphatic carbocycles. The zero-order chi connectivity index (χ0) is 21.3. The Morgan fingerprint density at radius 3 is 2.63 bits per heavy atom. The Balaban J connectivity index is 1.72. The van der Waals surface area contributed by atoms with Crippen LogP contribution >= 0.6 is 11.6 Å². The van der Waals surface area contributed by atoms with E-state index >= 15 is 0 Å². The zero-order valence-electron chi connectivity index (χ0n) is 17.3. The molecule has 4 rings (SSSR count). The molecule has 3 nitrogen and oxygen atoms in total. The highest BCUT2D eigenvalue weighted by Crippen LogP contribution is 2.29. The molecule has 30 heavy (non-hydrogen) atoms. The number of hydrogen-bond donors (Lipinski definition) is 0. The van der Waals surface area contributed by atoms with E-state index in [2.05, 4.69) is 32.0 Å². The summed E-state index contributed by atoms with van der Waals surface area (Å²) in [6.07, 6.45) is 0. The van der Waals surface area contributed by atoms with E-state index in [1.807, 2.05) is 35.8 Å². The van der Waals surface area contributed by atoms with E-state index in [4.69, 9.17) is 21.3 Å². The molecular formula is C25H24ClFN2O. The molecule has 0 N–H and O–H groups in total. The van der Waals surface area contributed by atoms with Crippen molar-refractivity contribution >= 4 is 22.6 Å². The van der Waals surface area contributed by atoms with Gasteiger partial charge in [-0.1, -0.05) is 55.8 Å². The number of nitrogens with zero attached hydrogens (tertiary/aromatic N) is 2. The van der Waals surface area contributed by atoms with Crippen molar-refractivity contribution in [2.45, 2.75) is 39.8 Å². The van der Waals surface area contributed by atoms with Crippen LogP contribution in [-0.2, 0) is 13.2 Å². The van der Waals surface area contributed by atoms with Crippen molar-refractivity contribution in [3.8, 4) is 5.75 Å². The highest BCUT2D eigenvalue weighted by Gasteiger charge is 2.16. The van der Waals surface area contributed by atoms with E-state index in [1.165, 1.54) is 6.07 Å². The Kier molecular flexibility index (Phi) is 5.78. The molecule has 0 aliphatic rings. The minimum atomic E-state index is -0.326. The number of rotatable bonds is 6. The van der Waals surface area contributed by atoms with E-state index in [1.54, 1.807) is 12.1 Å². The Morgan fingerprint density at radius 2 is 1.87 bits per heavy atom. The minimum Gasteiger partial charge on any atom is -0.485 e. The zero-order valence-corrected chi connectivity index (χ0v) is 18.1. The van der Waals surface area contributed by atoms with Gasteiger partial charge < -0.3 is 9.30 Å². The fraction of sp³-hybridized carbons (Fsp3) is 0.240. The first-order valence-corrected chi connectivity index (χ1v) is 10.4. The van der Waals surface area contributed by atoms with E-state index in [9.17, 15) is 4.39 Å². The summed E-state index contributed by atoms with van der Waals surface area (Å²) in [5.41, 5.74) is 4.50. The highest BCUT2D eigenvalue weighted by atomic mass is 35.5. The Hall–Kier alpha value is -2.85. The lowest BCUT2D eigenvalue weighted by atomic mass is 10.0. The SMILES string of the molecule is Cc1ccc(C(C)C)c(OCc2nc3ccccc3n2Cc2c(F)cccc2Cl)c1. The summed E-state index contributed by atoms with van der Waals surface area (Å²) < 4.78 is 22.7. The number of aryl methyl sites for hydroxylation is 1. The van der Waals surface area contributed by atoms with Gasteiger partial charge in [0, 0.05) is 10.6 Å². The molecule has 0 radical (unpaired) electrons. The third kappa shape index (κ3) is 4.05. The third-order valence-corrected chi connectivity index (χ3v) is 5.61. The third-order valence-electron chi connectivity index (χ3n) is 5.26. The maximum absolute atomic E-state index is 14.5. The first-order chi connectivity index (χ1) is 14.4. The number of para-hydroxylation sites is 2. The average Bonchev–Trinajstić information content (AvgIpc) is 3.06. The molecule has 0 saturated carbocycles. The molecule has 0 saturated heterocycles. The van der Waals surface area contributed by atoms with E-state index in [0.717, 1.165) is 33.7 Å². The van der Waals surface area contributed by atoms with Crippen LogP contribution < -0.4 is 4.74 Å². The van der Waals surface area contributed by atoms with Crippen LogP contribution in [0.3, 0.4) is 0 Å². The Morgan fingerprint density at radius 1 is 1.07 bits per heavy atom. The molecule has 0 fully saturated rings. The molecule has 5 heteroatoms. The van der Waals surface area contributed by atoms with E-state index in [-0.39, 0.29) is 19.0 Å². The van der Waals surface area contributed by atoms with Crippen molar-refractivity contribution in [1.29, 1.82) is 0 Å². The number of benzene rings is 3. The summed E-state index contributed by atoms with van der Waals surface area (Å²) in [7, 11) is 0. The van der Waals surface area contributed by atoms with Crippen LogP contribution in [0.1, 0.15) is 42.3 Å². The van der Waals surface area contributed by atoms with Gasteiger partial charge in [0.2, 0.25) is 0 Å². The van der Waals surface area contributed by atoms with Crippen molar-refractivity contribution < 1.29 is 9.13 Å². The standard InChI is InChI=1S/C25H24ClFN2O/c1-16(2)18-12-11-17(3)13-24(18)30-15-25-28-22-9-4-5-10-23(22)29(25)14-19-20(26)7-6-8-21(19)27/h4-13,16H,14-15H2,1-3H3. The molecule has 0 amide bonds. The topological polar surface area (TPSA) is 27.1 Å². The molecule has 3 aromatic carbocycles. The molecule has 0 aliphatic heterocycles. The Bertz CT molecular complexity index is 1180. The van der Waals surface area contributed by atoms with Crippen LogP contribution in [0.4, 0.5) is 4.39 Å². The van der Waals surface area contributed by atoms with Crippen molar-refractivity contribution in [2.24, 2.45) is 0 Å². The van der Waals surface area contributed by atoms with Crippen LogP contribution in [-0.4, -0.2) is 9.55 Å². The summed E-state index contributed by atoms with van der Waals surface area (Å²) in [5.74, 6) is 1.60. The summed E-state index contributed by atoms with van der Waals surface area (Å²) in [6, 6.07) is 18.8. The van der Waals surface area contributed by atoms with Gasteiger partial charge in [0.1, 0.15) is 24.0 Å².